The number of nitrogens with zero attached hydrogens (tertiary/aromatic N) is 1. The smallest absolute Gasteiger partial charge is 0.242 e. The molecule has 0 aromatic heterocycles. The quantitative estimate of drug-likeness (QED) is 0.421. The number of thioether (sulfide) groups is 1. The first kappa shape index (κ1) is 23.3. The first-order valence-electron chi connectivity index (χ1n) is 9.90. The van der Waals surface area contributed by atoms with Crippen molar-refractivity contribution in [1.29, 1.82) is 0 Å². The Hall–Kier alpha value is -1.98. The van der Waals surface area contributed by atoms with Gasteiger partial charge in [-0.15, -0.1) is 11.8 Å². The molecular formula is C23H29ClN2O2S. The van der Waals surface area contributed by atoms with Crippen molar-refractivity contribution in [2.75, 3.05) is 12.8 Å². The van der Waals surface area contributed by atoms with E-state index in [0.717, 1.165) is 33.2 Å². The summed E-state index contributed by atoms with van der Waals surface area (Å²) in [4.78, 5) is 28.3. The number of hydrogen-bond acceptors (Lipinski definition) is 3. The molecule has 4 nitrogen and oxygen atoms in total. The second kappa shape index (κ2) is 11.9. The Morgan fingerprint density at radius 2 is 1.83 bits per heavy atom. The van der Waals surface area contributed by atoms with Gasteiger partial charge in [0.2, 0.25) is 11.8 Å². The standard InChI is InChI=1S/C23H29ClN2O2S/c1-4-21(23(28)25-3)26(16-18-9-6-5-8-17(18)2)22(27)10-7-15-29-20-13-11-19(24)12-14-20/h5-6,8-9,11-14,21H,4,7,10,15-16H2,1-3H3,(H,25,28)/t21-/m1/s1. The van der Waals surface area contributed by atoms with Crippen LogP contribution in [-0.2, 0) is 16.1 Å². The van der Waals surface area contributed by atoms with Crippen LogP contribution < -0.4 is 5.32 Å². The summed E-state index contributed by atoms with van der Waals surface area (Å²) in [6.07, 6.45) is 1.75. The van der Waals surface area contributed by atoms with E-state index in [1.165, 1.54) is 0 Å². The Balaban J connectivity index is 2.02. The minimum atomic E-state index is -0.462. The number of hydrogen-bond donors (Lipinski definition) is 1. The van der Waals surface area contributed by atoms with E-state index in [1.807, 2.05) is 62.4 Å². The van der Waals surface area contributed by atoms with Crippen LogP contribution in [0.5, 0.6) is 0 Å². The van der Waals surface area contributed by atoms with Crippen molar-refractivity contribution in [2.24, 2.45) is 0 Å². The van der Waals surface area contributed by atoms with Crippen molar-refractivity contribution >= 4 is 35.2 Å². The lowest BCUT2D eigenvalue weighted by Crippen LogP contribution is -2.48. The van der Waals surface area contributed by atoms with Gasteiger partial charge in [-0.3, -0.25) is 9.59 Å². The summed E-state index contributed by atoms with van der Waals surface area (Å²) in [6, 6.07) is 15.2. The van der Waals surface area contributed by atoms with E-state index in [0.29, 0.717) is 19.4 Å². The molecule has 0 saturated carbocycles. The SMILES string of the molecule is CC[C@H](C(=O)NC)N(Cc1ccccc1C)C(=O)CCCSc1ccc(Cl)cc1. The molecule has 156 valence electrons. The Kier molecular flexibility index (Phi) is 9.55. The minimum Gasteiger partial charge on any atom is -0.357 e. The van der Waals surface area contributed by atoms with E-state index in [4.69, 9.17) is 11.6 Å². The monoisotopic (exact) mass is 432 g/mol. The summed E-state index contributed by atoms with van der Waals surface area (Å²) in [5.74, 6) is 0.730. The van der Waals surface area contributed by atoms with Crippen LogP contribution in [0.1, 0.15) is 37.3 Å². The normalized spacial score (nSPS) is 11.7. The van der Waals surface area contributed by atoms with Crippen molar-refractivity contribution in [3.8, 4) is 0 Å². The third-order valence-corrected chi connectivity index (χ3v) is 6.20. The molecule has 6 heteroatoms. The lowest BCUT2D eigenvalue weighted by Gasteiger charge is -2.30. The van der Waals surface area contributed by atoms with Crippen molar-refractivity contribution in [2.45, 2.75) is 50.6 Å². The minimum absolute atomic E-state index is 0.0143. The van der Waals surface area contributed by atoms with Crippen LogP contribution in [-0.4, -0.2) is 35.6 Å². The van der Waals surface area contributed by atoms with Crippen LogP contribution in [0, 0.1) is 6.92 Å². The Morgan fingerprint density at radius 3 is 2.45 bits per heavy atom. The number of amides is 2. The van der Waals surface area contributed by atoms with Crippen molar-refractivity contribution in [1.82, 2.24) is 10.2 Å². The first-order chi connectivity index (χ1) is 14.0. The summed E-state index contributed by atoms with van der Waals surface area (Å²) in [6.45, 7) is 4.41. The van der Waals surface area contributed by atoms with Crippen LogP contribution in [0.15, 0.2) is 53.4 Å². The Morgan fingerprint density at radius 1 is 1.14 bits per heavy atom. The molecule has 2 rings (SSSR count). The molecule has 2 amide bonds. The highest BCUT2D eigenvalue weighted by Gasteiger charge is 2.27. The molecule has 0 radical (unpaired) electrons. The second-order valence-electron chi connectivity index (χ2n) is 6.89. The van der Waals surface area contributed by atoms with Gasteiger partial charge in [-0.05, 0) is 60.9 Å². The molecule has 0 aliphatic rings. The van der Waals surface area contributed by atoms with Crippen molar-refractivity contribution in [3.05, 3.63) is 64.7 Å². The van der Waals surface area contributed by atoms with Gasteiger partial charge in [0, 0.05) is 29.9 Å². The highest BCUT2D eigenvalue weighted by Crippen LogP contribution is 2.22. The fraction of sp³-hybridized carbons (Fsp3) is 0.391. The summed E-state index contributed by atoms with van der Waals surface area (Å²) < 4.78 is 0. The van der Waals surface area contributed by atoms with E-state index >= 15 is 0 Å². The van der Waals surface area contributed by atoms with E-state index in [-0.39, 0.29) is 11.8 Å². The fourth-order valence-electron chi connectivity index (χ4n) is 3.14. The number of aryl methyl sites for hydroxylation is 1. The summed E-state index contributed by atoms with van der Waals surface area (Å²) in [7, 11) is 1.62. The molecule has 0 aliphatic carbocycles. The molecule has 0 unspecified atom stereocenters. The lowest BCUT2D eigenvalue weighted by molar-refractivity contribution is -0.141. The van der Waals surface area contributed by atoms with Gasteiger partial charge in [0.05, 0.1) is 0 Å². The summed E-state index contributed by atoms with van der Waals surface area (Å²) in [5, 5.41) is 3.42. The molecule has 0 spiro atoms. The van der Waals surface area contributed by atoms with Gasteiger partial charge in [-0.1, -0.05) is 42.8 Å². The number of carbonyl (C=O) groups is 2. The molecule has 0 fully saturated rings. The average molecular weight is 433 g/mol. The number of nitrogens with one attached hydrogen (secondary N) is 1. The van der Waals surface area contributed by atoms with E-state index in [1.54, 1.807) is 23.7 Å². The van der Waals surface area contributed by atoms with Crippen LogP contribution in [0.2, 0.25) is 5.02 Å². The van der Waals surface area contributed by atoms with E-state index in [2.05, 4.69) is 5.32 Å². The number of rotatable bonds is 10. The number of likely N-dealkylation sites (N-methyl/N-ethyl adjacent to an activating group) is 1. The second-order valence-corrected chi connectivity index (χ2v) is 8.50. The molecule has 1 atom stereocenters. The molecular weight excluding hydrogens is 404 g/mol. The predicted octanol–water partition coefficient (Wildman–Crippen LogP) is 5.07. The molecule has 0 saturated heterocycles. The fourth-order valence-corrected chi connectivity index (χ4v) is 4.12. The number of carbonyl (C=O) groups excluding carboxylic acids is 2. The van der Waals surface area contributed by atoms with Crippen LogP contribution in [0.3, 0.4) is 0 Å². The van der Waals surface area contributed by atoms with Gasteiger partial charge in [0.15, 0.2) is 0 Å². The average Bonchev–Trinajstić information content (AvgIpc) is 2.73. The summed E-state index contributed by atoms with van der Waals surface area (Å²) in [5.41, 5.74) is 2.19. The van der Waals surface area contributed by atoms with Gasteiger partial charge < -0.3 is 10.2 Å². The molecule has 2 aromatic rings. The third-order valence-electron chi connectivity index (χ3n) is 4.85. The molecule has 2 aromatic carbocycles. The largest absolute Gasteiger partial charge is 0.357 e. The maximum atomic E-state index is 13.1. The third kappa shape index (κ3) is 7.09. The predicted molar refractivity (Wildman–Crippen MR) is 121 cm³/mol. The Labute approximate surface area is 183 Å². The highest BCUT2D eigenvalue weighted by atomic mass is 35.5. The van der Waals surface area contributed by atoms with Gasteiger partial charge >= 0.3 is 0 Å². The van der Waals surface area contributed by atoms with Gasteiger partial charge in [0.1, 0.15) is 6.04 Å². The topological polar surface area (TPSA) is 49.4 Å². The van der Waals surface area contributed by atoms with Gasteiger partial charge in [-0.25, -0.2) is 0 Å². The number of halogens is 1. The number of benzene rings is 2. The summed E-state index contributed by atoms with van der Waals surface area (Å²) >= 11 is 7.62. The van der Waals surface area contributed by atoms with Crippen LogP contribution >= 0.6 is 23.4 Å². The maximum Gasteiger partial charge on any atom is 0.242 e. The van der Waals surface area contributed by atoms with E-state index in [9.17, 15) is 9.59 Å². The van der Waals surface area contributed by atoms with Gasteiger partial charge in [-0.2, -0.15) is 0 Å². The molecule has 29 heavy (non-hydrogen) atoms. The first-order valence-corrected chi connectivity index (χ1v) is 11.3. The molecule has 1 N–H and O–H groups in total. The van der Waals surface area contributed by atoms with Crippen LogP contribution in [0.4, 0.5) is 0 Å². The zero-order chi connectivity index (χ0) is 21.2. The van der Waals surface area contributed by atoms with E-state index < -0.39 is 6.04 Å². The zero-order valence-electron chi connectivity index (χ0n) is 17.3. The zero-order valence-corrected chi connectivity index (χ0v) is 18.9. The molecule has 0 aliphatic heterocycles. The highest BCUT2D eigenvalue weighted by molar-refractivity contribution is 7.99. The van der Waals surface area contributed by atoms with Crippen LogP contribution in [0.25, 0.3) is 0 Å². The van der Waals surface area contributed by atoms with Crippen molar-refractivity contribution < 1.29 is 9.59 Å². The molecule has 0 heterocycles. The Bertz CT molecular complexity index is 811. The lowest BCUT2D eigenvalue weighted by atomic mass is 10.1. The van der Waals surface area contributed by atoms with Crippen molar-refractivity contribution in [3.63, 3.8) is 0 Å². The maximum absolute atomic E-state index is 13.1. The molecule has 0 bridgehead atoms. The van der Waals surface area contributed by atoms with Gasteiger partial charge in [0.25, 0.3) is 0 Å².